The predicted octanol–water partition coefficient (Wildman–Crippen LogP) is 3.89. The van der Waals surface area contributed by atoms with E-state index in [1.54, 1.807) is 34.5 Å². The van der Waals surface area contributed by atoms with Crippen LogP contribution in [0.3, 0.4) is 0 Å². The average Bonchev–Trinajstić information content (AvgIpc) is 3.23. The van der Waals surface area contributed by atoms with Crippen LogP contribution in [0.2, 0.25) is 10.0 Å². The Morgan fingerprint density at radius 2 is 1.89 bits per heavy atom. The number of halogens is 2. The van der Waals surface area contributed by atoms with Gasteiger partial charge in [0, 0.05) is 24.4 Å². The fraction of sp³-hybridized carbons (Fsp3) is 0.158. The van der Waals surface area contributed by atoms with E-state index in [2.05, 4.69) is 0 Å². The van der Waals surface area contributed by atoms with Crippen molar-refractivity contribution >= 4 is 29.0 Å². The Hall–Kier alpha value is -2.70. The number of imidazole rings is 1. The highest BCUT2D eigenvalue weighted by atomic mass is 35.5. The third kappa shape index (κ3) is 3.22. The first-order valence-corrected chi connectivity index (χ1v) is 8.88. The van der Waals surface area contributed by atoms with E-state index in [0.717, 1.165) is 11.3 Å². The van der Waals surface area contributed by atoms with E-state index in [0.29, 0.717) is 27.1 Å². The van der Waals surface area contributed by atoms with Crippen molar-refractivity contribution in [2.75, 3.05) is 6.79 Å². The second-order valence-corrected chi connectivity index (χ2v) is 6.96. The molecule has 6 nitrogen and oxygen atoms in total. The number of nitrogens with zero attached hydrogens (tertiary/aromatic N) is 2. The van der Waals surface area contributed by atoms with E-state index in [9.17, 15) is 4.79 Å². The summed E-state index contributed by atoms with van der Waals surface area (Å²) >= 11 is 11.9. The lowest BCUT2D eigenvalue weighted by Gasteiger charge is -2.04. The smallest absolute Gasteiger partial charge is 0.231 e. The highest BCUT2D eigenvalue weighted by Crippen LogP contribution is 2.35. The van der Waals surface area contributed by atoms with Gasteiger partial charge in [-0.15, -0.1) is 0 Å². The van der Waals surface area contributed by atoms with Gasteiger partial charge in [-0.1, -0.05) is 23.2 Å². The number of ketones is 1. The molecule has 1 aliphatic rings. The van der Waals surface area contributed by atoms with Gasteiger partial charge in [0.2, 0.25) is 12.4 Å². The molecule has 138 valence electrons. The SMILES string of the molecule is Cn1c(-c2ccc3c(c2)OCO3)cn(CC(=O)c2ccc(Cl)c(Cl)c2)c1=N. The standard InChI is InChI=1S/C19H15Cl2N3O3/c1-23-15(11-3-5-17-18(7-11)27-10-26-17)8-24(19(23)22)9-16(25)12-2-4-13(20)14(21)6-12/h2-8,22H,9-10H2,1H3. The molecular formula is C19H15Cl2N3O3. The molecule has 1 aromatic heterocycles. The number of carbonyl (C=O) groups excluding carboxylic acids is 1. The first kappa shape index (κ1) is 17.7. The second-order valence-electron chi connectivity index (χ2n) is 6.14. The third-order valence-corrected chi connectivity index (χ3v) is 5.19. The van der Waals surface area contributed by atoms with Gasteiger partial charge in [-0.2, -0.15) is 0 Å². The second kappa shape index (κ2) is 6.79. The van der Waals surface area contributed by atoms with Gasteiger partial charge in [-0.25, -0.2) is 0 Å². The quantitative estimate of drug-likeness (QED) is 0.671. The molecule has 0 unspecified atom stereocenters. The normalized spacial score (nSPS) is 12.4. The monoisotopic (exact) mass is 403 g/mol. The van der Waals surface area contributed by atoms with Crippen LogP contribution < -0.4 is 15.1 Å². The fourth-order valence-corrected chi connectivity index (χ4v) is 3.26. The summed E-state index contributed by atoms with van der Waals surface area (Å²) in [6.45, 7) is 0.225. The van der Waals surface area contributed by atoms with Crippen molar-refractivity contribution in [1.29, 1.82) is 5.41 Å². The van der Waals surface area contributed by atoms with E-state index in [-0.39, 0.29) is 24.7 Å². The van der Waals surface area contributed by atoms with Crippen molar-refractivity contribution in [2.45, 2.75) is 6.54 Å². The zero-order chi connectivity index (χ0) is 19.1. The molecule has 0 spiro atoms. The lowest BCUT2D eigenvalue weighted by atomic mass is 10.1. The van der Waals surface area contributed by atoms with Crippen LogP contribution in [0, 0.1) is 5.41 Å². The van der Waals surface area contributed by atoms with Gasteiger partial charge in [0.1, 0.15) is 0 Å². The molecule has 0 radical (unpaired) electrons. The topological polar surface area (TPSA) is 69.2 Å². The van der Waals surface area contributed by atoms with E-state index in [1.807, 2.05) is 18.2 Å². The van der Waals surface area contributed by atoms with E-state index < -0.39 is 0 Å². The van der Waals surface area contributed by atoms with Crippen molar-refractivity contribution in [3.05, 3.63) is 63.8 Å². The molecule has 1 aliphatic heterocycles. The molecule has 0 atom stereocenters. The number of Topliss-reactive ketones (excluding diaryl/α,β-unsaturated/α-hetero) is 1. The molecule has 8 heteroatoms. The Morgan fingerprint density at radius 1 is 1.11 bits per heavy atom. The van der Waals surface area contributed by atoms with Gasteiger partial charge in [0.05, 0.1) is 22.3 Å². The van der Waals surface area contributed by atoms with Crippen LogP contribution in [0.1, 0.15) is 10.4 Å². The summed E-state index contributed by atoms with van der Waals surface area (Å²) < 4.78 is 14.0. The minimum atomic E-state index is -0.157. The van der Waals surface area contributed by atoms with E-state index in [1.165, 1.54) is 6.07 Å². The Kier molecular flexibility index (Phi) is 4.45. The lowest BCUT2D eigenvalue weighted by Crippen LogP contribution is -2.25. The predicted molar refractivity (Wildman–Crippen MR) is 102 cm³/mol. The maximum Gasteiger partial charge on any atom is 0.231 e. The van der Waals surface area contributed by atoms with Crippen molar-refractivity contribution in [3.8, 4) is 22.8 Å². The van der Waals surface area contributed by atoms with Crippen LogP contribution in [0.5, 0.6) is 11.5 Å². The van der Waals surface area contributed by atoms with Crippen LogP contribution in [-0.4, -0.2) is 21.7 Å². The fourth-order valence-electron chi connectivity index (χ4n) is 2.96. The number of rotatable bonds is 4. The molecule has 3 aromatic rings. The number of benzene rings is 2. The maximum atomic E-state index is 12.6. The van der Waals surface area contributed by atoms with Crippen molar-refractivity contribution in [1.82, 2.24) is 9.13 Å². The van der Waals surface area contributed by atoms with E-state index >= 15 is 0 Å². The molecule has 0 fully saturated rings. The van der Waals surface area contributed by atoms with Gasteiger partial charge in [-0.3, -0.25) is 10.2 Å². The number of hydrogen-bond donors (Lipinski definition) is 1. The number of aromatic nitrogens is 2. The highest BCUT2D eigenvalue weighted by molar-refractivity contribution is 6.42. The molecule has 4 rings (SSSR count). The molecule has 2 aromatic carbocycles. The van der Waals surface area contributed by atoms with Gasteiger partial charge in [-0.05, 0) is 36.4 Å². The van der Waals surface area contributed by atoms with Crippen LogP contribution in [0.4, 0.5) is 0 Å². The van der Waals surface area contributed by atoms with Crippen molar-refractivity contribution in [3.63, 3.8) is 0 Å². The largest absolute Gasteiger partial charge is 0.454 e. The first-order valence-electron chi connectivity index (χ1n) is 8.13. The van der Waals surface area contributed by atoms with E-state index in [4.69, 9.17) is 38.1 Å². The molecule has 0 saturated carbocycles. The first-order chi connectivity index (χ1) is 12.9. The Morgan fingerprint density at radius 3 is 2.67 bits per heavy atom. The maximum absolute atomic E-state index is 12.6. The minimum absolute atomic E-state index is 0.0230. The Labute approximate surface area is 165 Å². The number of hydrogen-bond acceptors (Lipinski definition) is 4. The van der Waals surface area contributed by atoms with Gasteiger partial charge < -0.3 is 18.6 Å². The van der Waals surface area contributed by atoms with Gasteiger partial charge >= 0.3 is 0 Å². The van der Waals surface area contributed by atoms with Gasteiger partial charge in [0.15, 0.2) is 17.3 Å². The molecule has 0 bridgehead atoms. The summed E-state index contributed by atoms with van der Waals surface area (Å²) in [4.78, 5) is 12.6. The lowest BCUT2D eigenvalue weighted by molar-refractivity contribution is 0.0970. The zero-order valence-corrected chi connectivity index (χ0v) is 15.8. The third-order valence-electron chi connectivity index (χ3n) is 4.45. The summed E-state index contributed by atoms with van der Waals surface area (Å²) in [5.41, 5.74) is 2.32. The molecule has 0 saturated heterocycles. The molecule has 2 heterocycles. The Bertz CT molecular complexity index is 1120. The van der Waals surface area contributed by atoms with Crippen LogP contribution >= 0.6 is 23.2 Å². The summed E-state index contributed by atoms with van der Waals surface area (Å²) in [6, 6.07) is 10.3. The summed E-state index contributed by atoms with van der Waals surface area (Å²) in [5, 5.41) is 9.04. The Balaban J connectivity index is 1.65. The van der Waals surface area contributed by atoms with Gasteiger partial charge in [0.25, 0.3) is 0 Å². The summed E-state index contributed by atoms with van der Waals surface area (Å²) in [6.07, 6.45) is 1.77. The van der Waals surface area contributed by atoms with Crippen LogP contribution in [0.15, 0.2) is 42.6 Å². The molecule has 1 N–H and O–H groups in total. The molecular weight excluding hydrogens is 389 g/mol. The van der Waals surface area contributed by atoms with Crippen molar-refractivity contribution in [2.24, 2.45) is 7.05 Å². The number of carbonyl (C=O) groups is 1. The summed E-state index contributed by atoms with van der Waals surface area (Å²) in [5.74, 6) is 1.20. The van der Waals surface area contributed by atoms with Crippen LogP contribution in [0.25, 0.3) is 11.3 Å². The number of ether oxygens (including phenoxy) is 2. The molecule has 0 amide bonds. The number of fused-ring (bicyclic) bond motifs is 1. The highest BCUT2D eigenvalue weighted by Gasteiger charge is 2.17. The minimum Gasteiger partial charge on any atom is -0.454 e. The summed E-state index contributed by atoms with van der Waals surface area (Å²) in [7, 11) is 1.78. The average molecular weight is 404 g/mol. The van der Waals surface area contributed by atoms with Crippen LogP contribution in [-0.2, 0) is 13.6 Å². The van der Waals surface area contributed by atoms with Crippen molar-refractivity contribution < 1.29 is 14.3 Å². The zero-order valence-electron chi connectivity index (χ0n) is 14.3. The molecule has 0 aliphatic carbocycles. The molecule has 27 heavy (non-hydrogen) atoms. The number of nitrogens with one attached hydrogen (secondary N) is 1.